The third-order valence-corrected chi connectivity index (χ3v) is 8.70. The van der Waals surface area contributed by atoms with Crippen molar-refractivity contribution in [2.75, 3.05) is 38.4 Å². The minimum Gasteiger partial charge on any atom is -0.462 e. The number of fused-ring (bicyclic) bond motifs is 5. The fourth-order valence-electron chi connectivity index (χ4n) is 5.33. The molecule has 12 heteroatoms. The number of hydrogen-bond donors (Lipinski definition) is 1. The molecular weight excluding hydrogens is 614 g/mol. The average molecular weight is 662 g/mol. The predicted octanol–water partition coefficient (Wildman–Crippen LogP) is 4.74. The second-order valence-corrected chi connectivity index (χ2v) is 13.2. The van der Waals surface area contributed by atoms with Crippen LogP contribution >= 0.6 is 0 Å². The van der Waals surface area contributed by atoms with Gasteiger partial charge < -0.3 is 24.4 Å². The van der Waals surface area contributed by atoms with Crippen molar-refractivity contribution >= 4 is 29.3 Å². The maximum absolute atomic E-state index is 13.8. The van der Waals surface area contributed by atoms with Crippen LogP contribution in [0, 0.1) is 5.41 Å². The van der Waals surface area contributed by atoms with Crippen molar-refractivity contribution in [2.45, 2.75) is 79.0 Å². The minimum absolute atomic E-state index is 0.00915. The third kappa shape index (κ3) is 9.35. The maximum Gasteiger partial charge on any atom is 0.327 e. The van der Waals surface area contributed by atoms with Crippen molar-refractivity contribution in [3.8, 4) is 22.5 Å². The van der Waals surface area contributed by atoms with E-state index in [2.05, 4.69) is 15.6 Å². The van der Waals surface area contributed by atoms with Gasteiger partial charge in [-0.1, -0.05) is 61.5 Å². The van der Waals surface area contributed by atoms with E-state index in [0.717, 1.165) is 11.1 Å². The summed E-state index contributed by atoms with van der Waals surface area (Å²) in [7, 11) is 1.53. The number of hydrogen-bond acceptors (Lipinski definition) is 9. The summed E-state index contributed by atoms with van der Waals surface area (Å²) in [6.45, 7) is 10.7. The molecule has 12 nitrogen and oxygen atoms in total. The number of esters is 1. The van der Waals surface area contributed by atoms with E-state index < -0.39 is 17.0 Å². The quantitative estimate of drug-likeness (QED) is 0.170. The van der Waals surface area contributed by atoms with E-state index in [4.69, 9.17) is 14.2 Å². The summed E-state index contributed by atoms with van der Waals surface area (Å²) in [5.41, 5.74) is 3.23. The van der Waals surface area contributed by atoms with Crippen LogP contribution in [0.25, 0.3) is 22.5 Å². The lowest BCUT2D eigenvalue weighted by Gasteiger charge is -2.29. The van der Waals surface area contributed by atoms with Crippen LogP contribution in [0.1, 0.15) is 65.9 Å². The summed E-state index contributed by atoms with van der Waals surface area (Å²) in [5.74, 6) is -0.769. The van der Waals surface area contributed by atoms with E-state index in [0.29, 0.717) is 55.2 Å². The Hall–Kier alpha value is -4.42. The lowest BCUT2D eigenvalue weighted by Crippen LogP contribution is -2.35. The largest absolute Gasteiger partial charge is 0.462 e. The predicted molar refractivity (Wildman–Crippen MR) is 181 cm³/mol. The summed E-state index contributed by atoms with van der Waals surface area (Å²) in [6.07, 6.45) is 1.24. The summed E-state index contributed by atoms with van der Waals surface area (Å²) in [5, 5.41) is 11.7. The van der Waals surface area contributed by atoms with E-state index >= 15 is 0 Å². The zero-order valence-electron chi connectivity index (χ0n) is 28.8. The third-order valence-electron chi connectivity index (χ3n) is 8.70. The molecule has 2 aromatic carbocycles. The van der Waals surface area contributed by atoms with Gasteiger partial charge in [0.2, 0.25) is 11.8 Å². The fourth-order valence-corrected chi connectivity index (χ4v) is 5.33. The molecule has 2 amide bonds. The second kappa shape index (κ2) is 16.1. The van der Waals surface area contributed by atoms with Gasteiger partial charge in [0, 0.05) is 49.6 Å². The topological polar surface area (TPSA) is 142 Å². The van der Waals surface area contributed by atoms with E-state index in [1.807, 2.05) is 76.2 Å². The van der Waals surface area contributed by atoms with Gasteiger partial charge in [0.25, 0.3) is 0 Å². The highest BCUT2D eigenvalue weighted by Crippen LogP contribution is 2.41. The van der Waals surface area contributed by atoms with E-state index in [1.165, 1.54) is 11.8 Å². The van der Waals surface area contributed by atoms with Crippen LogP contribution in [-0.4, -0.2) is 77.6 Å². The van der Waals surface area contributed by atoms with Crippen LogP contribution in [0.15, 0.2) is 48.5 Å². The van der Waals surface area contributed by atoms with Gasteiger partial charge >= 0.3 is 5.97 Å². The number of ketones is 1. The van der Waals surface area contributed by atoms with Crippen molar-refractivity contribution in [1.82, 2.24) is 20.3 Å². The van der Waals surface area contributed by atoms with Gasteiger partial charge in [0.1, 0.15) is 24.6 Å². The Kier molecular flexibility index (Phi) is 12.2. The van der Waals surface area contributed by atoms with Gasteiger partial charge in [-0.2, -0.15) is 0 Å². The molecule has 258 valence electrons. The van der Waals surface area contributed by atoms with E-state index in [9.17, 15) is 19.2 Å². The molecule has 0 saturated heterocycles. The molecular formula is C36H47N5O7. The molecule has 0 unspecified atom stereocenters. The number of nitrogens with one attached hydrogen (secondary N) is 1. The molecule has 0 aliphatic carbocycles. The first-order chi connectivity index (χ1) is 22.8. The molecule has 1 aliphatic heterocycles. The smallest absolute Gasteiger partial charge is 0.327 e. The number of para-hydroxylation sites is 1. The first kappa shape index (κ1) is 36.4. The van der Waals surface area contributed by atoms with Crippen molar-refractivity contribution in [2.24, 2.45) is 5.41 Å². The molecule has 48 heavy (non-hydrogen) atoms. The number of carbonyl (C=O) groups is 4. The number of rotatable bonds is 16. The van der Waals surface area contributed by atoms with Gasteiger partial charge in [-0.3, -0.25) is 19.2 Å². The molecule has 0 spiro atoms. The SMILES string of the molecule is COCCOC(=O)Cn1nnc2c1-c1ccccc1CN(C(=O)CCC(=O)NCCC(C)(C)OCCC(C)(C)C(C)=O)c1ccccc1-2. The summed E-state index contributed by atoms with van der Waals surface area (Å²) in [6, 6.07) is 15.1. The Morgan fingerprint density at radius 3 is 2.33 bits per heavy atom. The number of Topliss-reactive ketones (excluding diaryl/α,β-unsaturated/α-hetero) is 1. The Balaban J connectivity index is 1.43. The number of anilines is 1. The molecule has 0 fully saturated rings. The number of nitrogens with zero attached hydrogens (tertiary/aromatic N) is 4. The second-order valence-electron chi connectivity index (χ2n) is 13.2. The summed E-state index contributed by atoms with van der Waals surface area (Å²) < 4.78 is 17.8. The number of methoxy groups -OCH3 is 1. The lowest BCUT2D eigenvalue weighted by atomic mass is 9.86. The fraction of sp³-hybridized carbons (Fsp3) is 0.500. The number of aromatic nitrogens is 3. The molecule has 1 aromatic heterocycles. The van der Waals surface area contributed by atoms with Crippen molar-refractivity contribution in [3.63, 3.8) is 0 Å². The molecule has 0 saturated carbocycles. The number of carbonyl (C=O) groups excluding carboxylic acids is 4. The Morgan fingerprint density at radius 2 is 1.60 bits per heavy atom. The highest BCUT2D eigenvalue weighted by atomic mass is 16.6. The van der Waals surface area contributed by atoms with Gasteiger partial charge in [0.05, 0.1) is 30.1 Å². The zero-order valence-corrected chi connectivity index (χ0v) is 28.8. The summed E-state index contributed by atoms with van der Waals surface area (Å²) in [4.78, 5) is 52.7. The van der Waals surface area contributed by atoms with E-state index in [1.54, 1.807) is 11.8 Å². The molecule has 0 atom stereocenters. The zero-order chi connectivity index (χ0) is 34.9. The van der Waals surface area contributed by atoms with Gasteiger partial charge in [-0.05, 0) is 45.2 Å². The van der Waals surface area contributed by atoms with Gasteiger partial charge in [0.15, 0.2) is 0 Å². The van der Waals surface area contributed by atoms with Crippen LogP contribution < -0.4 is 10.2 Å². The molecule has 4 rings (SSSR count). The normalized spacial score (nSPS) is 12.7. The Bertz CT molecular complexity index is 1610. The van der Waals surface area contributed by atoms with Crippen molar-refractivity contribution < 1.29 is 33.4 Å². The van der Waals surface area contributed by atoms with Crippen LogP contribution in [0.3, 0.4) is 0 Å². The maximum atomic E-state index is 13.8. The monoisotopic (exact) mass is 661 g/mol. The van der Waals surface area contributed by atoms with Gasteiger partial charge in [-0.15, -0.1) is 5.10 Å². The molecule has 3 aromatic rings. The van der Waals surface area contributed by atoms with Crippen LogP contribution in [0.2, 0.25) is 0 Å². The minimum atomic E-state index is -0.483. The number of benzene rings is 2. The van der Waals surface area contributed by atoms with Crippen molar-refractivity contribution in [3.05, 3.63) is 54.1 Å². The first-order valence-corrected chi connectivity index (χ1v) is 16.3. The molecule has 1 aliphatic rings. The number of ether oxygens (including phenoxy) is 3. The van der Waals surface area contributed by atoms with Crippen LogP contribution in [0.4, 0.5) is 5.69 Å². The summed E-state index contributed by atoms with van der Waals surface area (Å²) >= 11 is 0. The lowest BCUT2D eigenvalue weighted by molar-refractivity contribution is -0.145. The first-order valence-electron chi connectivity index (χ1n) is 16.3. The molecule has 0 bridgehead atoms. The Morgan fingerprint density at radius 1 is 0.896 bits per heavy atom. The molecule has 1 N–H and O–H groups in total. The van der Waals surface area contributed by atoms with Crippen molar-refractivity contribution in [1.29, 1.82) is 0 Å². The van der Waals surface area contributed by atoms with Gasteiger partial charge in [-0.25, -0.2) is 4.68 Å². The highest BCUT2D eigenvalue weighted by molar-refractivity contribution is 6.01. The van der Waals surface area contributed by atoms with Crippen LogP contribution in [0.5, 0.6) is 0 Å². The van der Waals surface area contributed by atoms with Crippen LogP contribution in [-0.2, 0) is 46.5 Å². The number of amides is 2. The Labute approximate surface area is 282 Å². The average Bonchev–Trinajstić information content (AvgIpc) is 3.44. The van der Waals surface area contributed by atoms with E-state index in [-0.39, 0.29) is 50.1 Å². The standard InChI is InChI=1S/C36H47N5O7/c1-25(42)35(2,3)18-20-48-36(4,5)17-19-37-30(43)15-16-31(44)40-23-26-11-7-8-12-27(26)34-33(28-13-9-10-14-29(28)40)38-39-41(34)24-32(45)47-22-21-46-6/h7-14H,15-24H2,1-6H3,(H,37,43). The highest BCUT2D eigenvalue weighted by Gasteiger charge is 2.30. The molecule has 2 heterocycles. The molecule has 0 radical (unpaired) electrons.